The fourth-order valence-electron chi connectivity index (χ4n) is 1.15. The van der Waals surface area contributed by atoms with Crippen LogP contribution < -0.4 is 0 Å². The zero-order valence-corrected chi connectivity index (χ0v) is 8.70. The Hall–Kier alpha value is -0.540. The van der Waals surface area contributed by atoms with E-state index in [-0.39, 0.29) is 0 Å². The molecule has 0 aliphatic heterocycles. The van der Waals surface area contributed by atoms with Crippen molar-refractivity contribution in [1.29, 1.82) is 0 Å². The molecule has 0 atom stereocenters. The van der Waals surface area contributed by atoms with Crippen molar-refractivity contribution in [2.45, 2.75) is 6.92 Å². The molecule has 2 aromatic heterocycles. The molecule has 0 aliphatic carbocycles. The Kier molecular flexibility index (Phi) is 1.85. The van der Waals surface area contributed by atoms with Crippen LogP contribution in [0.1, 0.15) is 5.69 Å². The lowest BCUT2D eigenvalue weighted by Crippen LogP contribution is -1.78. The monoisotopic (exact) mass is 244 g/mol. The third-order valence-corrected chi connectivity index (χ3v) is 2.77. The van der Waals surface area contributed by atoms with Gasteiger partial charge in [-0.2, -0.15) is 0 Å². The Balaban J connectivity index is 2.83. The van der Waals surface area contributed by atoms with Crippen molar-refractivity contribution in [1.82, 2.24) is 9.97 Å². The first-order chi connectivity index (χ1) is 5.66. The van der Waals surface area contributed by atoms with Crippen LogP contribution in [0.4, 0.5) is 0 Å². The number of aromatic amines is 1. The lowest BCUT2D eigenvalue weighted by Gasteiger charge is -1.93. The molecule has 2 heterocycles. The summed E-state index contributed by atoms with van der Waals surface area (Å²) >= 11 is 9.14. The Labute approximate surface area is 83.1 Å². The van der Waals surface area contributed by atoms with Gasteiger partial charge >= 0.3 is 0 Å². The second kappa shape index (κ2) is 2.75. The molecule has 0 saturated carbocycles. The largest absolute Gasteiger partial charge is 0.344 e. The van der Waals surface area contributed by atoms with Gasteiger partial charge in [0.25, 0.3) is 0 Å². The van der Waals surface area contributed by atoms with E-state index in [0.29, 0.717) is 5.15 Å². The number of rotatable bonds is 0. The minimum absolute atomic E-state index is 0.490. The smallest absolute Gasteiger partial charge is 0.145 e. The fourth-order valence-corrected chi connectivity index (χ4v) is 1.62. The SMILES string of the molecule is Cc1cc2cc(Br)c(Cl)nc2[nH]1. The molecule has 0 amide bonds. The summed E-state index contributed by atoms with van der Waals surface area (Å²) in [5.41, 5.74) is 1.92. The molecule has 0 fully saturated rings. The molecule has 0 radical (unpaired) electrons. The molecule has 2 nitrogen and oxygen atoms in total. The molecule has 12 heavy (non-hydrogen) atoms. The minimum Gasteiger partial charge on any atom is -0.344 e. The molecule has 62 valence electrons. The number of hydrogen-bond donors (Lipinski definition) is 1. The molecule has 0 saturated heterocycles. The van der Waals surface area contributed by atoms with Gasteiger partial charge in [-0.1, -0.05) is 11.6 Å². The normalized spacial score (nSPS) is 10.9. The summed E-state index contributed by atoms with van der Waals surface area (Å²) in [5.74, 6) is 0. The predicted octanol–water partition coefficient (Wildman–Crippen LogP) is 3.29. The van der Waals surface area contributed by atoms with Crippen LogP contribution in [0.3, 0.4) is 0 Å². The molecule has 2 aromatic rings. The number of H-pyrrole nitrogens is 1. The highest BCUT2D eigenvalue weighted by Gasteiger charge is 2.03. The van der Waals surface area contributed by atoms with E-state index in [1.807, 2.05) is 19.1 Å². The average molecular weight is 246 g/mol. The van der Waals surface area contributed by atoms with Crippen LogP contribution in [-0.2, 0) is 0 Å². The molecule has 0 aliphatic rings. The lowest BCUT2D eigenvalue weighted by molar-refractivity contribution is 1.25. The number of nitrogens with zero attached hydrogens (tertiary/aromatic N) is 1. The van der Waals surface area contributed by atoms with E-state index in [4.69, 9.17) is 11.6 Å². The summed E-state index contributed by atoms with van der Waals surface area (Å²) in [5, 5.41) is 1.56. The Morgan fingerprint density at radius 3 is 3.00 bits per heavy atom. The fraction of sp³-hybridized carbons (Fsp3) is 0.125. The van der Waals surface area contributed by atoms with Gasteiger partial charge in [-0.3, -0.25) is 0 Å². The number of hydrogen-bond acceptors (Lipinski definition) is 1. The average Bonchev–Trinajstić information content (AvgIpc) is 2.30. The van der Waals surface area contributed by atoms with E-state index in [1.165, 1.54) is 0 Å². The zero-order chi connectivity index (χ0) is 8.72. The first kappa shape index (κ1) is 8.08. The third kappa shape index (κ3) is 1.23. The van der Waals surface area contributed by atoms with Crippen LogP contribution in [0.15, 0.2) is 16.6 Å². The number of nitrogens with one attached hydrogen (secondary N) is 1. The van der Waals surface area contributed by atoms with Gasteiger partial charge in [0.15, 0.2) is 0 Å². The molecule has 4 heteroatoms. The van der Waals surface area contributed by atoms with Crippen LogP contribution in [0.5, 0.6) is 0 Å². The van der Waals surface area contributed by atoms with Crippen LogP contribution in [0.2, 0.25) is 5.15 Å². The Morgan fingerprint density at radius 1 is 1.50 bits per heavy atom. The van der Waals surface area contributed by atoms with Crippen molar-refractivity contribution >= 4 is 38.6 Å². The predicted molar refractivity (Wildman–Crippen MR) is 53.5 cm³/mol. The maximum absolute atomic E-state index is 5.82. The van der Waals surface area contributed by atoms with Gasteiger partial charge in [0.05, 0.1) is 4.47 Å². The van der Waals surface area contributed by atoms with E-state index >= 15 is 0 Å². The van der Waals surface area contributed by atoms with Gasteiger partial charge in [0, 0.05) is 11.1 Å². The van der Waals surface area contributed by atoms with Gasteiger partial charge in [-0.25, -0.2) is 4.98 Å². The van der Waals surface area contributed by atoms with Gasteiger partial charge in [-0.05, 0) is 35.0 Å². The maximum atomic E-state index is 5.82. The van der Waals surface area contributed by atoms with E-state index in [0.717, 1.165) is 21.2 Å². The number of pyridine rings is 1. The highest BCUT2D eigenvalue weighted by Crippen LogP contribution is 2.24. The minimum atomic E-state index is 0.490. The van der Waals surface area contributed by atoms with Crippen LogP contribution in [0, 0.1) is 6.92 Å². The standard InChI is InChI=1S/C8H6BrClN2/c1-4-2-5-3-6(9)7(10)12-8(5)11-4/h2-3H,1H3,(H,11,12). The second-order valence-corrected chi connectivity index (χ2v) is 3.86. The number of fused-ring (bicyclic) bond motifs is 1. The summed E-state index contributed by atoms with van der Waals surface area (Å²) < 4.78 is 0.829. The van der Waals surface area contributed by atoms with Crippen molar-refractivity contribution in [3.8, 4) is 0 Å². The zero-order valence-electron chi connectivity index (χ0n) is 6.36. The van der Waals surface area contributed by atoms with Crippen LogP contribution in [0.25, 0.3) is 11.0 Å². The quantitative estimate of drug-likeness (QED) is 0.709. The molecule has 2 rings (SSSR count). The van der Waals surface area contributed by atoms with Gasteiger partial charge in [0.2, 0.25) is 0 Å². The van der Waals surface area contributed by atoms with Crippen LogP contribution >= 0.6 is 27.5 Å². The van der Waals surface area contributed by atoms with Gasteiger partial charge in [-0.15, -0.1) is 0 Å². The summed E-state index contributed by atoms with van der Waals surface area (Å²) in [6, 6.07) is 3.98. The molecular weight excluding hydrogens is 239 g/mol. The molecule has 1 N–H and O–H groups in total. The first-order valence-electron chi connectivity index (χ1n) is 3.48. The summed E-state index contributed by atoms with van der Waals surface area (Å²) in [6.45, 7) is 1.99. The van der Waals surface area contributed by atoms with Crippen molar-refractivity contribution < 1.29 is 0 Å². The molecule has 0 spiro atoms. The van der Waals surface area contributed by atoms with Crippen LogP contribution in [-0.4, -0.2) is 9.97 Å². The lowest BCUT2D eigenvalue weighted by atomic mass is 10.3. The molecular formula is C8H6BrClN2. The second-order valence-electron chi connectivity index (χ2n) is 2.65. The topological polar surface area (TPSA) is 28.7 Å². The third-order valence-electron chi connectivity index (χ3n) is 1.65. The maximum Gasteiger partial charge on any atom is 0.145 e. The van der Waals surface area contributed by atoms with E-state index in [1.54, 1.807) is 0 Å². The Bertz CT molecular complexity index is 397. The van der Waals surface area contributed by atoms with E-state index < -0.39 is 0 Å². The highest BCUT2D eigenvalue weighted by molar-refractivity contribution is 9.10. The molecule has 0 bridgehead atoms. The van der Waals surface area contributed by atoms with Gasteiger partial charge in [0.1, 0.15) is 10.8 Å². The highest BCUT2D eigenvalue weighted by atomic mass is 79.9. The number of aryl methyl sites for hydroxylation is 1. The summed E-state index contributed by atoms with van der Waals surface area (Å²) in [4.78, 5) is 7.27. The Morgan fingerprint density at radius 2 is 2.25 bits per heavy atom. The first-order valence-corrected chi connectivity index (χ1v) is 4.65. The van der Waals surface area contributed by atoms with Crippen molar-refractivity contribution in [3.05, 3.63) is 27.5 Å². The number of aromatic nitrogens is 2. The van der Waals surface area contributed by atoms with Gasteiger partial charge < -0.3 is 4.98 Å². The number of halogens is 2. The molecule has 0 unspecified atom stereocenters. The summed E-state index contributed by atoms with van der Waals surface area (Å²) in [6.07, 6.45) is 0. The van der Waals surface area contributed by atoms with E-state index in [2.05, 4.69) is 25.9 Å². The summed E-state index contributed by atoms with van der Waals surface area (Å²) in [7, 11) is 0. The molecule has 0 aromatic carbocycles. The van der Waals surface area contributed by atoms with E-state index in [9.17, 15) is 0 Å². The van der Waals surface area contributed by atoms with Crippen molar-refractivity contribution in [3.63, 3.8) is 0 Å². The van der Waals surface area contributed by atoms with Crippen molar-refractivity contribution in [2.75, 3.05) is 0 Å². The van der Waals surface area contributed by atoms with Crippen molar-refractivity contribution in [2.24, 2.45) is 0 Å².